The summed E-state index contributed by atoms with van der Waals surface area (Å²) in [6.45, 7) is 14.2. The molecule has 1 aromatic heterocycles. The second-order valence-corrected chi connectivity index (χ2v) is 19.0. The highest BCUT2D eigenvalue weighted by Crippen LogP contribution is 2.39. The van der Waals surface area contributed by atoms with Gasteiger partial charge in [-0.05, 0) is 70.5 Å². The number of halogens is 1. The number of carbonyl (C=O) groups excluding carboxylic acids is 3. The summed E-state index contributed by atoms with van der Waals surface area (Å²) >= 11 is 0. The van der Waals surface area contributed by atoms with Crippen LogP contribution in [0.4, 0.5) is 4.39 Å². The van der Waals surface area contributed by atoms with Crippen molar-refractivity contribution in [1.82, 2.24) is 24.8 Å². The topological polar surface area (TPSA) is 175 Å². The van der Waals surface area contributed by atoms with Gasteiger partial charge in [0.15, 0.2) is 6.29 Å². The van der Waals surface area contributed by atoms with Gasteiger partial charge < -0.3 is 43.7 Å². The Bertz CT molecular complexity index is 1780. The first kappa shape index (κ1) is 52.2. The van der Waals surface area contributed by atoms with Gasteiger partial charge in [-0.3, -0.25) is 14.4 Å². The number of amides is 1. The Morgan fingerprint density at radius 3 is 2.29 bits per heavy atom. The van der Waals surface area contributed by atoms with Crippen molar-refractivity contribution in [1.29, 1.82) is 0 Å². The average molecular weight is 890 g/mol. The van der Waals surface area contributed by atoms with Crippen molar-refractivity contribution in [3.8, 4) is 0 Å². The van der Waals surface area contributed by atoms with Gasteiger partial charge in [-0.25, -0.2) is 9.07 Å². The number of methoxy groups -OCH3 is 2. The summed E-state index contributed by atoms with van der Waals surface area (Å²) in [5.41, 5.74) is -0.530. The minimum Gasteiger partial charge on any atom is -0.459 e. The Labute approximate surface area is 374 Å². The molecule has 2 N–H and O–H groups in total. The normalized spacial score (nSPS) is 33.7. The molecule has 2 fully saturated rings. The molecule has 0 bridgehead atoms. The van der Waals surface area contributed by atoms with Crippen molar-refractivity contribution in [2.45, 2.75) is 160 Å². The summed E-state index contributed by atoms with van der Waals surface area (Å²) in [7, 11) is 8.61. The van der Waals surface area contributed by atoms with Gasteiger partial charge in [0.25, 0.3) is 0 Å². The molecule has 2 aliphatic heterocycles. The molecule has 1 aromatic carbocycles. The molecule has 3 heterocycles. The van der Waals surface area contributed by atoms with Crippen LogP contribution >= 0.6 is 0 Å². The minimum atomic E-state index is -1.85. The molecule has 14 atom stereocenters. The maximum Gasteiger partial charge on any atom is 0.309 e. The van der Waals surface area contributed by atoms with E-state index in [4.69, 9.17) is 23.7 Å². The first-order valence-electron chi connectivity index (χ1n) is 22.6. The predicted molar refractivity (Wildman–Crippen MR) is 235 cm³/mol. The number of ether oxygens (including phenoxy) is 5. The van der Waals surface area contributed by atoms with Crippen molar-refractivity contribution in [3.05, 3.63) is 47.3 Å². The average Bonchev–Trinajstić information content (AvgIpc) is 3.72. The number of hydrogen-bond donors (Lipinski definition) is 2. The van der Waals surface area contributed by atoms with Crippen LogP contribution in [0.2, 0.25) is 0 Å². The molecule has 4 rings (SSSR count). The van der Waals surface area contributed by atoms with Crippen LogP contribution in [-0.4, -0.2) is 149 Å². The van der Waals surface area contributed by atoms with Crippen LogP contribution in [0.3, 0.4) is 0 Å². The number of aliphatic hydroxyl groups excluding tert-OH is 1. The predicted octanol–water partition coefficient (Wildman–Crippen LogP) is 5.31. The van der Waals surface area contributed by atoms with E-state index in [9.17, 15) is 29.0 Å². The third-order valence-corrected chi connectivity index (χ3v) is 13.6. The molecule has 1 amide bonds. The molecule has 0 aliphatic carbocycles. The van der Waals surface area contributed by atoms with Gasteiger partial charge in [0.1, 0.15) is 36.3 Å². The van der Waals surface area contributed by atoms with Gasteiger partial charge in [-0.2, -0.15) is 0 Å². The Kier molecular flexibility index (Phi) is 18.8. The number of carbonyl (C=O) groups is 3. The molecule has 16 heteroatoms. The SMILES string of the molecule is CC[C@H]1OC(=O)[C@H](C)C[C@H](C)[C@@H](O[C@H]2C[C@@H](N(C)CCc3cn([C@H](CF)[C@H](OC)c4ccc(CC(=O)N(C)C)cc4)nn3)C[C@@H](C)O2)[C@](C)(OC)C[C@@H](C)C(=O)[C@H](C)[C@@H](O)[C@]1(C)O. The molecule has 63 heavy (non-hydrogen) atoms. The molecular formula is C47H76FN5O10. The van der Waals surface area contributed by atoms with Crippen LogP contribution in [0.1, 0.15) is 116 Å². The smallest absolute Gasteiger partial charge is 0.309 e. The highest BCUT2D eigenvalue weighted by molar-refractivity contribution is 5.83. The first-order chi connectivity index (χ1) is 29.6. The zero-order valence-electron chi connectivity index (χ0n) is 40.0. The van der Waals surface area contributed by atoms with E-state index < -0.39 is 78.3 Å². The van der Waals surface area contributed by atoms with Crippen LogP contribution in [0.15, 0.2) is 30.5 Å². The lowest BCUT2D eigenvalue weighted by atomic mass is 9.74. The van der Waals surface area contributed by atoms with Crippen molar-refractivity contribution >= 4 is 17.7 Å². The number of benzene rings is 1. The molecule has 0 saturated carbocycles. The lowest BCUT2D eigenvalue weighted by Crippen LogP contribution is -2.57. The highest BCUT2D eigenvalue weighted by Gasteiger charge is 2.49. The number of Topliss-reactive ketones (excluding diaryl/α,β-unsaturated/α-hetero) is 1. The van der Waals surface area contributed by atoms with E-state index in [2.05, 4.69) is 15.2 Å². The lowest BCUT2D eigenvalue weighted by Gasteiger charge is -2.46. The largest absolute Gasteiger partial charge is 0.459 e. The summed E-state index contributed by atoms with van der Waals surface area (Å²) in [4.78, 5) is 43.4. The van der Waals surface area contributed by atoms with Gasteiger partial charge in [0, 0.05) is 71.8 Å². The molecule has 0 spiro atoms. The standard InChI is InChI=1S/C47H76FN5O10/c1-14-38-47(8,58)43(56)32(6)41(55)30(4)25-46(7,60-13)44(28(2)21-29(3)45(57)62-38)63-40-24-36(22-31(5)61-40)52(11)20-19-35-27-53(50-49-35)37(26-48)42(59-12)34-17-15-33(16-18-34)23-39(54)51(9)10/h15-18,27-32,36-38,40,42-44,56,58H,14,19-26H2,1-13H3/t28-,29+,30+,31+,32-,36-,37+,38+,40-,42+,43+,44+,46+,47+/m0/s1. The lowest BCUT2D eigenvalue weighted by molar-refractivity contribution is -0.265. The quantitative estimate of drug-likeness (QED) is 0.221. The summed E-state index contributed by atoms with van der Waals surface area (Å²) < 4.78 is 47.5. The van der Waals surface area contributed by atoms with E-state index in [1.54, 1.807) is 60.0 Å². The number of likely N-dealkylation sites (N-methyl/N-ethyl adjacent to an activating group) is 2. The number of hydrogen-bond acceptors (Lipinski definition) is 13. The number of esters is 1. The fourth-order valence-corrected chi connectivity index (χ4v) is 9.56. The number of alkyl halides is 1. The van der Waals surface area contributed by atoms with Crippen LogP contribution in [0.5, 0.6) is 0 Å². The third-order valence-electron chi connectivity index (χ3n) is 13.6. The molecular weight excluding hydrogens is 814 g/mol. The van der Waals surface area contributed by atoms with Gasteiger partial charge >= 0.3 is 5.97 Å². The van der Waals surface area contributed by atoms with Crippen molar-refractivity contribution < 1.29 is 52.7 Å². The monoisotopic (exact) mass is 890 g/mol. The molecule has 356 valence electrons. The van der Waals surface area contributed by atoms with E-state index in [0.717, 1.165) is 17.5 Å². The van der Waals surface area contributed by atoms with Crippen LogP contribution in [0.25, 0.3) is 0 Å². The Morgan fingerprint density at radius 2 is 1.70 bits per heavy atom. The number of aliphatic hydroxyl groups is 2. The fourth-order valence-electron chi connectivity index (χ4n) is 9.56. The van der Waals surface area contributed by atoms with Crippen LogP contribution in [-0.2, 0) is 50.9 Å². The molecule has 0 unspecified atom stereocenters. The minimum absolute atomic E-state index is 0.00854. The van der Waals surface area contributed by atoms with Crippen LogP contribution < -0.4 is 0 Å². The van der Waals surface area contributed by atoms with E-state index in [0.29, 0.717) is 31.5 Å². The molecule has 15 nitrogen and oxygen atoms in total. The number of aromatic nitrogens is 3. The number of cyclic esters (lactones) is 1. The van der Waals surface area contributed by atoms with Crippen molar-refractivity contribution in [2.24, 2.45) is 23.7 Å². The highest BCUT2D eigenvalue weighted by atomic mass is 19.1. The fraction of sp³-hybridized carbons (Fsp3) is 0.766. The third kappa shape index (κ3) is 12.9. The maximum absolute atomic E-state index is 14.7. The number of nitrogens with zero attached hydrogens (tertiary/aromatic N) is 5. The van der Waals surface area contributed by atoms with Crippen molar-refractivity contribution in [3.63, 3.8) is 0 Å². The van der Waals surface area contributed by atoms with Crippen LogP contribution in [0, 0.1) is 23.7 Å². The van der Waals surface area contributed by atoms with Crippen molar-refractivity contribution in [2.75, 3.05) is 48.6 Å². The van der Waals surface area contributed by atoms with Gasteiger partial charge in [0.2, 0.25) is 5.91 Å². The summed E-state index contributed by atoms with van der Waals surface area (Å²) in [5.74, 6) is -3.11. The van der Waals surface area contributed by atoms with E-state index in [1.807, 2.05) is 52.1 Å². The Hall–Kier alpha value is -3.38. The summed E-state index contributed by atoms with van der Waals surface area (Å²) in [6, 6.07) is 6.74. The first-order valence-corrected chi connectivity index (χ1v) is 22.6. The van der Waals surface area contributed by atoms with Gasteiger partial charge in [-0.15, -0.1) is 5.10 Å². The van der Waals surface area contributed by atoms with Gasteiger partial charge in [-0.1, -0.05) is 64.1 Å². The number of rotatable bonds is 15. The second-order valence-electron chi connectivity index (χ2n) is 19.0. The maximum atomic E-state index is 14.7. The zero-order chi connectivity index (χ0) is 47.0. The molecule has 2 saturated heterocycles. The zero-order valence-corrected chi connectivity index (χ0v) is 40.0. The summed E-state index contributed by atoms with van der Waals surface area (Å²) in [5, 5.41) is 31.5. The second kappa shape index (κ2) is 22.7. The Morgan fingerprint density at radius 1 is 1.03 bits per heavy atom. The van der Waals surface area contributed by atoms with E-state index >= 15 is 0 Å². The molecule has 0 radical (unpaired) electrons. The van der Waals surface area contributed by atoms with E-state index in [-0.39, 0.29) is 49.0 Å². The van der Waals surface area contributed by atoms with E-state index in [1.165, 1.54) is 18.7 Å². The summed E-state index contributed by atoms with van der Waals surface area (Å²) in [6.07, 6.45) is 0.269. The molecule has 2 aromatic rings. The molecule has 2 aliphatic rings. The van der Waals surface area contributed by atoms with Gasteiger partial charge in [0.05, 0.1) is 41.9 Å². The number of ketones is 1. The Balaban J connectivity index is 1.48.